The maximum atomic E-state index is 9.87. The third-order valence-corrected chi connectivity index (χ3v) is 6.50. The topological polar surface area (TPSA) is 39.3 Å². The molecule has 0 radical (unpaired) electrons. The van der Waals surface area contributed by atoms with Crippen molar-refractivity contribution in [2.24, 2.45) is 11.8 Å². The molecule has 2 aromatic rings. The molecular formula is C19H24N2O. The van der Waals surface area contributed by atoms with Crippen LogP contribution in [0.5, 0.6) is 5.75 Å². The Morgan fingerprint density at radius 3 is 3.09 bits per heavy atom. The lowest BCUT2D eigenvalue weighted by atomic mass is 9.65. The number of benzene rings is 1. The maximum absolute atomic E-state index is 9.87. The smallest absolute Gasteiger partial charge is 0.116 e. The number of phenols is 1. The van der Waals surface area contributed by atoms with Crippen LogP contribution in [0, 0.1) is 11.8 Å². The summed E-state index contributed by atoms with van der Waals surface area (Å²) in [5.74, 6) is 2.80. The Hall–Kier alpha value is -1.48. The number of nitrogens with zero attached hydrogens (tertiary/aromatic N) is 1. The number of hydrogen-bond acceptors (Lipinski definition) is 2. The van der Waals surface area contributed by atoms with Gasteiger partial charge in [-0.3, -0.25) is 4.90 Å². The molecule has 2 N–H and O–H groups in total. The van der Waals surface area contributed by atoms with Gasteiger partial charge in [0.05, 0.1) is 0 Å². The van der Waals surface area contributed by atoms with Crippen LogP contribution >= 0.6 is 0 Å². The summed E-state index contributed by atoms with van der Waals surface area (Å²) < 4.78 is 0. The lowest BCUT2D eigenvalue weighted by Crippen LogP contribution is -2.56. The highest BCUT2D eigenvalue weighted by molar-refractivity contribution is 5.86. The van der Waals surface area contributed by atoms with Crippen LogP contribution in [0.15, 0.2) is 18.2 Å². The van der Waals surface area contributed by atoms with Gasteiger partial charge in [0.2, 0.25) is 0 Å². The van der Waals surface area contributed by atoms with E-state index in [0.717, 1.165) is 24.3 Å². The number of rotatable bonds is 1. The van der Waals surface area contributed by atoms with E-state index in [1.54, 1.807) is 6.07 Å². The van der Waals surface area contributed by atoms with Gasteiger partial charge < -0.3 is 10.1 Å². The van der Waals surface area contributed by atoms with Gasteiger partial charge in [-0.1, -0.05) is 13.3 Å². The second-order valence-corrected chi connectivity index (χ2v) is 7.59. The molecule has 2 saturated heterocycles. The van der Waals surface area contributed by atoms with Gasteiger partial charge in [-0.05, 0) is 54.9 Å². The van der Waals surface area contributed by atoms with Gasteiger partial charge >= 0.3 is 0 Å². The SMILES string of the molecule is CCC1C[C@H]2C[C@H]3c4[nH]c5ccc(O)cc5c4CCN(C2)C13. The first-order valence-corrected chi connectivity index (χ1v) is 8.82. The predicted octanol–water partition coefficient (Wildman–Crippen LogP) is 3.63. The van der Waals surface area contributed by atoms with E-state index in [-0.39, 0.29) is 0 Å². The highest BCUT2D eigenvalue weighted by Gasteiger charge is 2.48. The quantitative estimate of drug-likeness (QED) is 0.843. The number of aromatic amines is 1. The van der Waals surface area contributed by atoms with Crippen LogP contribution in [0.3, 0.4) is 0 Å². The van der Waals surface area contributed by atoms with Crippen LogP contribution in [0.1, 0.15) is 43.4 Å². The Kier molecular flexibility index (Phi) is 2.67. The van der Waals surface area contributed by atoms with Crippen molar-refractivity contribution in [1.29, 1.82) is 0 Å². The van der Waals surface area contributed by atoms with Crippen molar-refractivity contribution < 1.29 is 5.11 Å². The number of piperidine rings is 2. The number of aromatic hydroxyl groups is 1. The van der Waals surface area contributed by atoms with Gasteiger partial charge in [0.15, 0.2) is 0 Å². The molecule has 0 spiro atoms. The van der Waals surface area contributed by atoms with E-state index in [2.05, 4.69) is 16.8 Å². The monoisotopic (exact) mass is 296 g/mol. The first kappa shape index (κ1) is 13.0. The van der Waals surface area contributed by atoms with Gasteiger partial charge in [-0.25, -0.2) is 0 Å². The Morgan fingerprint density at radius 1 is 1.32 bits per heavy atom. The molecule has 22 heavy (non-hydrogen) atoms. The molecule has 3 nitrogen and oxygen atoms in total. The fraction of sp³-hybridized carbons (Fsp3) is 0.579. The van der Waals surface area contributed by atoms with Crippen molar-refractivity contribution in [2.45, 2.75) is 44.6 Å². The van der Waals surface area contributed by atoms with E-state index < -0.39 is 0 Å². The van der Waals surface area contributed by atoms with Gasteiger partial charge in [-0.15, -0.1) is 0 Å². The second kappa shape index (κ2) is 4.51. The number of hydrogen-bond donors (Lipinski definition) is 2. The van der Waals surface area contributed by atoms with Crippen LogP contribution < -0.4 is 0 Å². The molecule has 4 heterocycles. The third-order valence-electron chi connectivity index (χ3n) is 6.50. The number of H-pyrrole nitrogens is 1. The standard InChI is InChI=1S/C19H24N2O/c1-2-12-7-11-8-16-18-14(5-6-21(10-11)19(12)16)15-9-13(22)3-4-17(15)20-18/h3-4,9,11-12,16,19-20,22H,2,5-8,10H2,1H3/t11-,12?,16-,19?/m0/s1. The molecule has 1 saturated carbocycles. The first-order chi connectivity index (χ1) is 10.7. The van der Waals surface area contributed by atoms with Crippen molar-refractivity contribution in [3.8, 4) is 5.75 Å². The number of nitrogens with one attached hydrogen (secondary N) is 1. The van der Waals surface area contributed by atoms with E-state index in [1.165, 1.54) is 54.5 Å². The average Bonchev–Trinajstić information content (AvgIpc) is 2.85. The number of aromatic nitrogens is 1. The summed E-state index contributed by atoms with van der Waals surface area (Å²) in [4.78, 5) is 6.51. The van der Waals surface area contributed by atoms with Crippen molar-refractivity contribution in [3.05, 3.63) is 29.5 Å². The van der Waals surface area contributed by atoms with E-state index in [1.807, 2.05) is 12.1 Å². The summed E-state index contributed by atoms with van der Waals surface area (Å²) in [6, 6.07) is 6.52. The average molecular weight is 296 g/mol. The van der Waals surface area contributed by atoms with Crippen LogP contribution in [-0.2, 0) is 6.42 Å². The molecule has 3 aliphatic heterocycles. The van der Waals surface area contributed by atoms with E-state index >= 15 is 0 Å². The van der Waals surface area contributed by atoms with E-state index in [4.69, 9.17) is 0 Å². The lowest BCUT2D eigenvalue weighted by Gasteiger charge is -2.53. The molecule has 116 valence electrons. The second-order valence-electron chi connectivity index (χ2n) is 7.59. The molecule has 5 atom stereocenters. The van der Waals surface area contributed by atoms with Crippen molar-refractivity contribution in [3.63, 3.8) is 0 Å². The molecule has 1 aromatic carbocycles. The maximum Gasteiger partial charge on any atom is 0.116 e. The van der Waals surface area contributed by atoms with E-state index in [0.29, 0.717) is 11.7 Å². The molecule has 1 aromatic heterocycles. The molecule has 3 fully saturated rings. The summed E-state index contributed by atoms with van der Waals surface area (Å²) >= 11 is 0. The fourth-order valence-corrected chi connectivity index (χ4v) is 5.68. The molecule has 3 unspecified atom stereocenters. The number of phenolic OH excluding ortho intramolecular Hbond substituents is 1. The highest BCUT2D eigenvalue weighted by Crippen LogP contribution is 2.51. The third kappa shape index (κ3) is 1.66. The molecule has 0 amide bonds. The number of fused-ring (bicyclic) bond motifs is 4. The molecule has 1 aliphatic carbocycles. The zero-order valence-corrected chi connectivity index (χ0v) is 13.2. The van der Waals surface area contributed by atoms with Crippen LogP contribution in [0.25, 0.3) is 10.9 Å². The van der Waals surface area contributed by atoms with Gasteiger partial charge in [0, 0.05) is 41.6 Å². The van der Waals surface area contributed by atoms with Crippen LogP contribution in [0.2, 0.25) is 0 Å². The van der Waals surface area contributed by atoms with Crippen LogP contribution in [-0.4, -0.2) is 34.1 Å². The Balaban J connectivity index is 1.69. The first-order valence-electron chi connectivity index (χ1n) is 8.82. The summed E-state index contributed by atoms with van der Waals surface area (Å²) in [5, 5.41) is 11.1. The highest BCUT2D eigenvalue weighted by atomic mass is 16.3. The zero-order chi connectivity index (χ0) is 14.8. The summed E-state index contributed by atoms with van der Waals surface area (Å²) in [6.45, 7) is 4.86. The Morgan fingerprint density at radius 2 is 2.23 bits per heavy atom. The van der Waals surface area contributed by atoms with Crippen LogP contribution in [0.4, 0.5) is 0 Å². The Bertz CT molecular complexity index is 734. The summed E-state index contributed by atoms with van der Waals surface area (Å²) in [5.41, 5.74) is 4.16. The molecular weight excluding hydrogens is 272 g/mol. The van der Waals surface area contributed by atoms with Crippen molar-refractivity contribution in [1.82, 2.24) is 9.88 Å². The minimum Gasteiger partial charge on any atom is -0.508 e. The molecule has 4 aliphatic rings. The lowest BCUT2D eigenvalue weighted by molar-refractivity contribution is -0.0134. The van der Waals surface area contributed by atoms with Gasteiger partial charge in [0.25, 0.3) is 0 Å². The summed E-state index contributed by atoms with van der Waals surface area (Å²) in [7, 11) is 0. The zero-order valence-electron chi connectivity index (χ0n) is 13.2. The van der Waals surface area contributed by atoms with Crippen molar-refractivity contribution >= 4 is 10.9 Å². The molecule has 6 rings (SSSR count). The largest absolute Gasteiger partial charge is 0.508 e. The Labute approximate surface area is 131 Å². The normalized spacial score (nSPS) is 36.3. The molecule has 4 bridgehead atoms. The van der Waals surface area contributed by atoms with Gasteiger partial charge in [0.1, 0.15) is 5.75 Å². The minimum atomic E-state index is 0.384. The van der Waals surface area contributed by atoms with Crippen molar-refractivity contribution in [2.75, 3.05) is 13.1 Å². The summed E-state index contributed by atoms with van der Waals surface area (Å²) in [6.07, 6.45) is 5.22. The predicted molar refractivity (Wildman–Crippen MR) is 88.3 cm³/mol. The van der Waals surface area contributed by atoms with Gasteiger partial charge in [-0.2, -0.15) is 0 Å². The molecule has 3 heteroatoms. The van der Waals surface area contributed by atoms with E-state index in [9.17, 15) is 5.11 Å². The fourth-order valence-electron chi connectivity index (χ4n) is 5.68. The minimum absolute atomic E-state index is 0.384.